The molecule has 1 amide bonds. The molecule has 0 aliphatic carbocycles. The number of methoxy groups -OCH3 is 2. The van der Waals surface area contributed by atoms with E-state index in [1.54, 1.807) is 39.2 Å². The first-order valence-corrected chi connectivity index (χ1v) is 11.3. The summed E-state index contributed by atoms with van der Waals surface area (Å²) in [5, 5.41) is 1.13. The van der Waals surface area contributed by atoms with Crippen molar-refractivity contribution in [3.05, 3.63) is 35.9 Å². The van der Waals surface area contributed by atoms with Crippen LogP contribution in [-0.2, 0) is 30.3 Å². The van der Waals surface area contributed by atoms with E-state index >= 15 is 0 Å². The van der Waals surface area contributed by atoms with Gasteiger partial charge in [-0.15, -0.1) is 6.58 Å². The molecular weight excluding hydrogens is 442 g/mol. The molecule has 0 radical (unpaired) electrons. The van der Waals surface area contributed by atoms with Crippen molar-refractivity contribution < 1.29 is 38.1 Å². The van der Waals surface area contributed by atoms with Crippen molar-refractivity contribution >= 4 is 11.9 Å². The van der Waals surface area contributed by atoms with Crippen molar-refractivity contribution in [1.29, 1.82) is 0 Å². The van der Waals surface area contributed by atoms with Gasteiger partial charge in [-0.1, -0.05) is 6.08 Å². The highest BCUT2D eigenvalue weighted by Crippen LogP contribution is 2.34. The highest BCUT2D eigenvalue weighted by molar-refractivity contribution is 5.94. The zero-order valence-corrected chi connectivity index (χ0v) is 21.2. The van der Waals surface area contributed by atoms with Gasteiger partial charge in [-0.2, -0.15) is 0 Å². The summed E-state index contributed by atoms with van der Waals surface area (Å²) in [4.78, 5) is 30.7. The van der Waals surface area contributed by atoms with E-state index < -0.39 is 24.0 Å². The Hall–Kier alpha value is -2.62. The van der Waals surface area contributed by atoms with Crippen molar-refractivity contribution in [2.75, 3.05) is 28.4 Å². The first-order valence-electron chi connectivity index (χ1n) is 11.3. The molecule has 1 fully saturated rings. The Kier molecular flexibility index (Phi) is 9.90. The molecule has 1 saturated heterocycles. The van der Waals surface area contributed by atoms with E-state index in [0.717, 1.165) is 10.6 Å². The summed E-state index contributed by atoms with van der Waals surface area (Å²) < 4.78 is 28.3. The Bertz CT molecular complexity index is 869. The van der Waals surface area contributed by atoms with Crippen molar-refractivity contribution in [2.45, 2.75) is 70.6 Å². The lowest BCUT2D eigenvalue weighted by Gasteiger charge is -2.21. The summed E-state index contributed by atoms with van der Waals surface area (Å²) >= 11 is 0. The maximum atomic E-state index is 13.0. The van der Waals surface area contributed by atoms with Crippen molar-refractivity contribution in [1.82, 2.24) is 5.06 Å². The minimum absolute atomic E-state index is 0.318. The average molecular weight is 480 g/mol. The van der Waals surface area contributed by atoms with Crippen molar-refractivity contribution in [2.24, 2.45) is 0 Å². The number of rotatable bonds is 12. The predicted octanol–water partition coefficient (Wildman–Crippen LogP) is 3.69. The van der Waals surface area contributed by atoms with Crippen LogP contribution < -0.4 is 9.47 Å². The number of hydroxylamine groups is 2. The van der Waals surface area contributed by atoms with Gasteiger partial charge in [0.15, 0.2) is 11.9 Å². The summed E-state index contributed by atoms with van der Waals surface area (Å²) in [7, 11) is 6.00. The van der Waals surface area contributed by atoms with Gasteiger partial charge >= 0.3 is 5.97 Å². The number of hydrogen-bond donors (Lipinski definition) is 0. The zero-order valence-electron chi connectivity index (χ0n) is 21.2. The molecule has 0 N–H and O–H groups in total. The molecular formula is C25H37NO8. The fourth-order valence-electron chi connectivity index (χ4n) is 3.90. The molecule has 0 unspecified atom stereocenters. The molecule has 0 bridgehead atoms. The van der Waals surface area contributed by atoms with E-state index in [2.05, 4.69) is 6.58 Å². The molecule has 2 rings (SSSR count). The standard InChI is InChI=1S/C25H37NO8/c1-9-11-16(2)32-24(28)21-17(14-18(29-6)15-20(21)30-7)12-10-13-19-22(23(27)26(5)31-8)34-25(3,4)33-19/h9,14-16,19,22H,1,10-13H2,2-8H3/t16-,19-,22-/m0/s1. The van der Waals surface area contributed by atoms with Crippen molar-refractivity contribution in [3.63, 3.8) is 0 Å². The van der Waals surface area contributed by atoms with Gasteiger partial charge in [0, 0.05) is 19.5 Å². The molecule has 34 heavy (non-hydrogen) atoms. The highest BCUT2D eigenvalue weighted by Gasteiger charge is 2.46. The van der Waals surface area contributed by atoms with E-state index in [9.17, 15) is 9.59 Å². The molecule has 0 saturated carbocycles. The van der Waals surface area contributed by atoms with Gasteiger partial charge in [0.05, 0.1) is 27.4 Å². The topological polar surface area (TPSA) is 92.8 Å². The number of hydrogen-bond acceptors (Lipinski definition) is 8. The van der Waals surface area contributed by atoms with Crippen LogP contribution in [0.3, 0.4) is 0 Å². The first-order chi connectivity index (χ1) is 16.1. The van der Waals surface area contributed by atoms with Gasteiger partial charge in [0.25, 0.3) is 5.91 Å². The van der Waals surface area contributed by atoms with Gasteiger partial charge in [-0.3, -0.25) is 9.63 Å². The van der Waals surface area contributed by atoms with Gasteiger partial charge < -0.3 is 23.7 Å². The Labute approximate surface area is 201 Å². The monoisotopic (exact) mass is 479 g/mol. The second kappa shape index (κ2) is 12.2. The molecule has 1 aromatic rings. The van der Waals surface area contributed by atoms with E-state index in [0.29, 0.717) is 42.7 Å². The molecule has 9 nitrogen and oxygen atoms in total. The SMILES string of the molecule is C=CC[C@H](C)OC(=O)c1c(CCC[C@@H]2OC(C)(C)O[C@@H]2C(=O)N(C)OC)cc(OC)cc1OC. The third-order valence-corrected chi connectivity index (χ3v) is 5.57. The van der Waals surface area contributed by atoms with E-state index in [-0.39, 0.29) is 12.0 Å². The maximum Gasteiger partial charge on any atom is 0.342 e. The maximum absolute atomic E-state index is 13.0. The number of aryl methyl sites for hydroxylation is 1. The largest absolute Gasteiger partial charge is 0.497 e. The Morgan fingerprint density at radius 1 is 1.21 bits per heavy atom. The van der Waals surface area contributed by atoms with Crippen LogP contribution in [-0.4, -0.2) is 69.4 Å². The van der Waals surface area contributed by atoms with Crippen LogP contribution in [0.15, 0.2) is 24.8 Å². The van der Waals surface area contributed by atoms with Gasteiger partial charge in [0.1, 0.15) is 23.2 Å². The molecule has 190 valence electrons. The number of carbonyl (C=O) groups is 2. The molecule has 0 spiro atoms. The lowest BCUT2D eigenvalue weighted by Crippen LogP contribution is -2.41. The van der Waals surface area contributed by atoms with Crippen LogP contribution in [0.25, 0.3) is 0 Å². The van der Waals surface area contributed by atoms with E-state index in [4.69, 9.17) is 28.5 Å². The van der Waals surface area contributed by atoms with Crippen LogP contribution in [0.2, 0.25) is 0 Å². The number of carbonyl (C=O) groups excluding carboxylic acids is 2. The number of esters is 1. The van der Waals surface area contributed by atoms with Gasteiger partial charge in [-0.05, 0) is 51.7 Å². The normalized spacial score (nSPS) is 19.9. The lowest BCUT2D eigenvalue weighted by atomic mass is 9.98. The van der Waals surface area contributed by atoms with E-state index in [1.165, 1.54) is 21.3 Å². The van der Waals surface area contributed by atoms with Crippen LogP contribution >= 0.6 is 0 Å². The molecule has 3 atom stereocenters. The number of likely N-dealkylation sites (N-methyl/N-ethyl adjacent to an activating group) is 1. The van der Waals surface area contributed by atoms with E-state index in [1.807, 2.05) is 6.92 Å². The first kappa shape index (κ1) is 27.6. The smallest absolute Gasteiger partial charge is 0.342 e. The lowest BCUT2D eigenvalue weighted by molar-refractivity contribution is -0.187. The molecule has 1 aliphatic rings. The molecule has 1 aliphatic heterocycles. The van der Waals surface area contributed by atoms with Gasteiger partial charge in [0.2, 0.25) is 0 Å². The number of amides is 1. The fourth-order valence-corrected chi connectivity index (χ4v) is 3.90. The predicted molar refractivity (Wildman–Crippen MR) is 126 cm³/mol. The number of ether oxygens (including phenoxy) is 5. The Morgan fingerprint density at radius 2 is 1.91 bits per heavy atom. The Balaban J connectivity index is 2.22. The minimum atomic E-state index is -0.894. The third kappa shape index (κ3) is 6.94. The Morgan fingerprint density at radius 3 is 2.50 bits per heavy atom. The summed E-state index contributed by atoms with van der Waals surface area (Å²) in [6, 6.07) is 3.46. The third-order valence-electron chi connectivity index (χ3n) is 5.57. The second-order valence-electron chi connectivity index (χ2n) is 8.61. The molecule has 0 aromatic heterocycles. The number of nitrogens with zero attached hydrogens (tertiary/aromatic N) is 1. The molecule has 9 heteroatoms. The quantitative estimate of drug-likeness (QED) is 0.255. The highest BCUT2D eigenvalue weighted by atomic mass is 16.8. The summed E-state index contributed by atoms with van der Waals surface area (Å²) in [6.07, 6.45) is 2.32. The van der Waals surface area contributed by atoms with Gasteiger partial charge in [-0.25, -0.2) is 9.86 Å². The molecule has 1 heterocycles. The van der Waals surface area contributed by atoms with Crippen molar-refractivity contribution in [3.8, 4) is 11.5 Å². The minimum Gasteiger partial charge on any atom is -0.497 e. The summed E-state index contributed by atoms with van der Waals surface area (Å²) in [5.41, 5.74) is 1.08. The van der Waals surface area contributed by atoms with Crippen LogP contribution in [0.5, 0.6) is 11.5 Å². The summed E-state index contributed by atoms with van der Waals surface area (Å²) in [5.74, 6) is -0.739. The average Bonchev–Trinajstić information content (AvgIpc) is 3.11. The molecule has 1 aromatic carbocycles. The number of benzene rings is 1. The summed E-state index contributed by atoms with van der Waals surface area (Å²) in [6.45, 7) is 9.04. The van der Waals surface area contributed by atoms with Crippen LogP contribution in [0.4, 0.5) is 0 Å². The zero-order chi connectivity index (χ0) is 25.5. The van der Waals surface area contributed by atoms with Crippen LogP contribution in [0.1, 0.15) is 56.0 Å². The second-order valence-corrected chi connectivity index (χ2v) is 8.61. The van der Waals surface area contributed by atoms with Crippen LogP contribution in [0, 0.1) is 0 Å². The fraction of sp³-hybridized carbons (Fsp3) is 0.600.